The average Bonchev–Trinajstić information content (AvgIpc) is 3.26. The van der Waals surface area contributed by atoms with E-state index in [0.29, 0.717) is 0 Å². The monoisotopic (exact) mass is 925 g/mol. The molecule has 0 aliphatic heterocycles. The van der Waals surface area contributed by atoms with Crippen molar-refractivity contribution in [2.45, 2.75) is 77.0 Å². The fraction of sp³-hybridized carbons (Fsp3) is 0.455. The molecule has 19 heteroatoms. The van der Waals surface area contributed by atoms with Crippen molar-refractivity contribution >= 4 is 64.6 Å². The summed E-state index contributed by atoms with van der Waals surface area (Å²) in [5.74, 6) is -0.467. The topological polar surface area (TPSA) is 230 Å². The molecule has 0 unspecified atom stereocenters. The second-order valence-electron chi connectivity index (χ2n) is 13.7. The van der Waals surface area contributed by atoms with Gasteiger partial charge in [0.05, 0.1) is 14.8 Å². The lowest BCUT2D eigenvalue weighted by Crippen LogP contribution is -2.01. The van der Waals surface area contributed by atoms with Crippen LogP contribution in [-0.4, -0.2) is 73.6 Å². The number of non-ortho nitro benzene ring substituents is 3. The summed E-state index contributed by atoms with van der Waals surface area (Å²) in [6, 6.07) is 25.1. The second-order valence-corrected chi connectivity index (χ2v) is 13.7. The van der Waals surface area contributed by atoms with Gasteiger partial charge >= 0.3 is 0 Å². The number of nitrogens with zero attached hydrogens (tertiary/aromatic N) is 3. The van der Waals surface area contributed by atoms with Gasteiger partial charge in [0, 0.05) is 113 Å². The Morgan fingerprint density at radius 2 is 0.778 bits per heavy atom. The number of nitro benzene ring substituents is 3. The van der Waals surface area contributed by atoms with Crippen LogP contribution < -0.4 is 21.7 Å². The Morgan fingerprint density at radius 3 is 1.08 bits per heavy atom. The molecule has 0 radical (unpaired) electrons. The largest absolute Gasteiger partial charge is 0.399 e. The maximum absolute atomic E-state index is 12.1. The minimum Gasteiger partial charge on any atom is -0.399 e. The van der Waals surface area contributed by atoms with Gasteiger partial charge in [-0.3, -0.25) is 30.3 Å². The molecule has 0 aromatic heterocycles. The minimum atomic E-state index is -0.570. The SMILES string of the molecule is COCCCCCCNc1ccc(N)cc1.COCCCCCCNc1ccc([N+](=O)[O-])cc1.Cl.Cl.O=[N+]([O-])c1ccc(F)cc1.O=[N+]([O-])c1ccc(NCCCCCCO)cc1. The van der Waals surface area contributed by atoms with Crippen molar-refractivity contribution in [1.29, 1.82) is 0 Å². The zero-order valence-corrected chi connectivity index (χ0v) is 37.9. The van der Waals surface area contributed by atoms with Crippen LogP contribution in [0, 0.1) is 36.2 Å². The molecule has 0 fully saturated rings. The van der Waals surface area contributed by atoms with E-state index in [1.54, 1.807) is 38.5 Å². The first-order chi connectivity index (χ1) is 29.5. The first kappa shape index (κ1) is 59.8. The van der Waals surface area contributed by atoms with Crippen molar-refractivity contribution in [3.05, 3.63) is 133 Å². The van der Waals surface area contributed by atoms with E-state index in [1.807, 2.05) is 24.3 Å². The lowest BCUT2D eigenvalue weighted by atomic mass is 10.2. The first-order valence-corrected chi connectivity index (χ1v) is 20.6. The third-order valence-electron chi connectivity index (χ3n) is 8.73. The zero-order valence-electron chi connectivity index (χ0n) is 36.3. The van der Waals surface area contributed by atoms with Crippen LogP contribution in [0.1, 0.15) is 77.0 Å². The molecular weight excluding hydrogens is 860 g/mol. The van der Waals surface area contributed by atoms with Crippen molar-refractivity contribution in [2.24, 2.45) is 0 Å². The summed E-state index contributed by atoms with van der Waals surface area (Å²) in [4.78, 5) is 29.5. The lowest BCUT2D eigenvalue weighted by Gasteiger charge is -2.06. The first-order valence-electron chi connectivity index (χ1n) is 20.6. The Kier molecular flexibility index (Phi) is 37.5. The van der Waals surface area contributed by atoms with Crippen molar-refractivity contribution in [1.82, 2.24) is 0 Å². The molecule has 4 aromatic carbocycles. The molecule has 6 N–H and O–H groups in total. The molecule has 4 rings (SSSR count). The number of anilines is 4. The highest BCUT2D eigenvalue weighted by Gasteiger charge is 2.05. The zero-order chi connectivity index (χ0) is 44.9. The fourth-order valence-electron chi connectivity index (χ4n) is 5.30. The van der Waals surface area contributed by atoms with Gasteiger partial charge < -0.3 is 36.3 Å². The van der Waals surface area contributed by atoms with Gasteiger partial charge in [-0.2, -0.15) is 0 Å². The van der Waals surface area contributed by atoms with E-state index in [2.05, 4.69) is 16.0 Å². The molecule has 0 amide bonds. The third kappa shape index (κ3) is 32.1. The summed E-state index contributed by atoms with van der Waals surface area (Å²) < 4.78 is 22.1. The molecule has 352 valence electrons. The Morgan fingerprint density at radius 1 is 0.492 bits per heavy atom. The molecule has 0 spiro atoms. The normalized spacial score (nSPS) is 9.78. The van der Waals surface area contributed by atoms with Crippen LogP contribution in [0.2, 0.25) is 0 Å². The standard InChI is InChI=1S/C13H20N2O3.C13H22N2O.C12H18N2O3.C6H4FNO2.2ClH/c1-18-11-5-3-2-4-10-14-12-6-8-13(9-7-12)15(16)17;1-16-11-5-3-2-4-10-15-13-8-6-12(14)7-9-13;15-10-4-2-1-3-9-13-11-5-7-12(8-6-11)14(16)17;7-5-1-3-6(4-2-5)8(9)10;;/h6-9,14H,2-5,10-11H2,1H3;6-9,15H,2-5,10-11,14H2,1H3;5-8,13,15H,1-4,9-10H2;1-4H;2*1H. The maximum atomic E-state index is 12.1. The second kappa shape index (κ2) is 39.5. The van der Waals surface area contributed by atoms with Crippen molar-refractivity contribution in [2.75, 3.05) is 75.4 Å². The average molecular weight is 927 g/mol. The van der Waals surface area contributed by atoms with E-state index >= 15 is 0 Å². The fourth-order valence-corrected chi connectivity index (χ4v) is 5.30. The van der Waals surface area contributed by atoms with Crippen molar-refractivity contribution in [3.8, 4) is 0 Å². The molecule has 0 saturated carbocycles. The number of aliphatic hydroxyl groups is 1. The van der Waals surface area contributed by atoms with Crippen molar-refractivity contribution in [3.63, 3.8) is 0 Å². The van der Waals surface area contributed by atoms with Crippen LogP contribution in [0.3, 0.4) is 0 Å². The van der Waals surface area contributed by atoms with Gasteiger partial charge in [-0.05, 0) is 99.2 Å². The molecule has 0 bridgehead atoms. The third-order valence-corrected chi connectivity index (χ3v) is 8.73. The van der Waals surface area contributed by atoms with Gasteiger partial charge in [-0.15, -0.1) is 24.8 Å². The van der Waals surface area contributed by atoms with Crippen molar-refractivity contribution < 1.29 is 33.7 Å². The van der Waals surface area contributed by atoms with Crippen LogP contribution in [0.5, 0.6) is 0 Å². The van der Waals surface area contributed by atoms with E-state index in [4.69, 9.17) is 20.3 Å². The van der Waals surface area contributed by atoms with Gasteiger partial charge in [-0.1, -0.05) is 38.5 Å². The Balaban J connectivity index is 0. The smallest absolute Gasteiger partial charge is 0.269 e. The molecule has 4 aromatic rings. The highest BCUT2D eigenvalue weighted by Crippen LogP contribution is 2.17. The number of ether oxygens (including phenoxy) is 2. The number of methoxy groups -OCH3 is 2. The molecular formula is C44H66Cl2FN7O9. The molecule has 63 heavy (non-hydrogen) atoms. The number of halogens is 3. The van der Waals surface area contributed by atoms with Crippen LogP contribution >= 0.6 is 24.8 Å². The molecule has 0 aliphatic rings. The number of hydrogen-bond donors (Lipinski definition) is 5. The summed E-state index contributed by atoms with van der Waals surface area (Å²) in [6.07, 6.45) is 13.4. The number of rotatable bonds is 26. The van der Waals surface area contributed by atoms with Gasteiger partial charge in [0.1, 0.15) is 5.82 Å². The van der Waals surface area contributed by atoms with Gasteiger partial charge in [-0.25, -0.2) is 4.39 Å². The molecule has 16 nitrogen and oxygen atoms in total. The molecule has 0 aliphatic carbocycles. The summed E-state index contributed by atoms with van der Waals surface area (Å²) in [5.41, 5.74) is 9.53. The Bertz CT molecular complexity index is 1730. The lowest BCUT2D eigenvalue weighted by molar-refractivity contribution is -0.385. The number of aliphatic hydroxyl groups excluding tert-OH is 1. The van der Waals surface area contributed by atoms with Crippen LogP contribution in [-0.2, 0) is 9.47 Å². The van der Waals surface area contributed by atoms with Gasteiger partial charge in [0.15, 0.2) is 0 Å². The quantitative estimate of drug-likeness (QED) is 0.0171. The molecule has 0 saturated heterocycles. The number of benzene rings is 4. The molecule has 0 atom stereocenters. The summed E-state index contributed by atoms with van der Waals surface area (Å²) in [5, 5.41) is 49.3. The number of nitro groups is 3. The summed E-state index contributed by atoms with van der Waals surface area (Å²) in [7, 11) is 3.47. The van der Waals surface area contributed by atoms with Gasteiger partial charge in [0.25, 0.3) is 17.1 Å². The van der Waals surface area contributed by atoms with Crippen LogP contribution in [0.25, 0.3) is 0 Å². The van der Waals surface area contributed by atoms with E-state index in [-0.39, 0.29) is 53.4 Å². The number of nitrogens with two attached hydrogens (primary N) is 1. The highest BCUT2D eigenvalue weighted by molar-refractivity contribution is 5.85. The van der Waals surface area contributed by atoms with E-state index in [9.17, 15) is 34.7 Å². The maximum Gasteiger partial charge on any atom is 0.269 e. The summed E-state index contributed by atoms with van der Waals surface area (Å²) >= 11 is 0. The van der Waals surface area contributed by atoms with E-state index < -0.39 is 15.7 Å². The number of nitrogen functional groups attached to an aromatic ring is 1. The predicted octanol–water partition coefficient (Wildman–Crippen LogP) is 11.2. The molecule has 0 heterocycles. The minimum absolute atomic E-state index is 0. The van der Waals surface area contributed by atoms with Crippen LogP contribution in [0.4, 0.5) is 44.2 Å². The number of nitrogens with one attached hydrogen (secondary N) is 3. The van der Waals surface area contributed by atoms with Gasteiger partial charge in [0.2, 0.25) is 0 Å². The number of unbranched alkanes of at least 4 members (excludes halogenated alkanes) is 9. The Hall–Kier alpha value is -5.33. The van der Waals surface area contributed by atoms with E-state index in [1.165, 1.54) is 62.8 Å². The van der Waals surface area contributed by atoms with Crippen LogP contribution in [0.15, 0.2) is 97.1 Å². The Labute approximate surface area is 382 Å². The van der Waals surface area contributed by atoms with E-state index in [0.717, 1.165) is 118 Å². The summed E-state index contributed by atoms with van der Waals surface area (Å²) in [6.45, 7) is 4.74. The predicted molar refractivity (Wildman–Crippen MR) is 256 cm³/mol. The highest BCUT2D eigenvalue weighted by atomic mass is 35.5. The number of hydrogen-bond acceptors (Lipinski definition) is 13.